The van der Waals surface area contributed by atoms with Crippen molar-refractivity contribution >= 4 is 22.5 Å². The summed E-state index contributed by atoms with van der Waals surface area (Å²) in [5, 5.41) is 13.0. The Labute approximate surface area is 152 Å². The Bertz CT molecular complexity index is 993. The number of para-hydroxylation sites is 1. The smallest absolute Gasteiger partial charge is 0.291 e. The van der Waals surface area contributed by atoms with E-state index in [0.29, 0.717) is 18.8 Å². The highest BCUT2D eigenvalue weighted by Gasteiger charge is 2.26. The fourth-order valence-electron chi connectivity index (χ4n) is 3.39. The Morgan fingerprint density at radius 3 is 2.81 bits per heavy atom. The molecule has 0 fully saturated rings. The van der Waals surface area contributed by atoms with Gasteiger partial charge in [0.15, 0.2) is 0 Å². The molecule has 1 aliphatic heterocycles. The van der Waals surface area contributed by atoms with Crippen molar-refractivity contribution in [1.29, 1.82) is 0 Å². The third-order valence-corrected chi connectivity index (χ3v) is 5.05. The van der Waals surface area contributed by atoms with Crippen LogP contribution in [0.5, 0.6) is 0 Å². The summed E-state index contributed by atoms with van der Waals surface area (Å²) in [6.07, 6.45) is 0.707. The van der Waals surface area contributed by atoms with Gasteiger partial charge >= 0.3 is 0 Å². The molecule has 0 saturated heterocycles. The molecule has 7 nitrogen and oxygen atoms in total. The number of hydrogen-bond donors (Lipinski definition) is 1. The van der Waals surface area contributed by atoms with E-state index in [0.717, 1.165) is 46.8 Å². The molecule has 4 rings (SSSR count). The molecule has 2 aromatic heterocycles. The first-order chi connectivity index (χ1) is 12.6. The van der Waals surface area contributed by atoms with E-state index in [1.54, 1.807) is 11.9 Å². The summed E-state index contributed by atoms with van der Waals surface area (Å²) in [6, 6.07) is 8.15. The van der Waals surface area contributed by atoms with Crippen LogP contribution in [0, 0.1) is 13.8 Å². The number of likely N-dealkylation sites (N-methyl/N-ethyl adjacent to an activating group) is 1. The van der Waals surface area contributed by atoms with Crippen LogP contribution in [0.2, 0.25) is 0 Å². The van der Waals surface area contributed by atoms with E-state index in [1.807, 2.05) is 29.7 Å². The minimum absolute atomic E-state index is 0.0606. The highest BCUT2D eigenvalue weighted by Crippen LogP contribution is 2.27. The van der Waals surface area contributed by atoms with Gasteiger partial charge in [-0.25, -0.2) is 0 Å². The molecule has 26 heavy (non-hydrogen) atoms. The first-order valence-electron chi connectivity index (χ1n) is 8.83. The number of hydrogen-bond acceptors (Lipinski definition) is 5. The fourth-order valence-corrected chi connectivity index (χ4v) is 3.39. The average molecular weight is 350 g/mol. The number of benzene rings is 1. The summed E-state index contributed by atoms with van der Waals surface area (Å²) >= 11 is 0. The van der Waals surface area contributed by atoms with Gasteiger partial charge in [-0.05, 0) is 25.5 Å². The zero-order valence-corrected chi connectivity index (χ0v) is 15.3. The second kappa shape index (κ2) is 6.40. The van der Waals surface area contributed by atoms with Crippen molar-refractivity contribution in [2.75, 3.05) is 25.5 Å². The zero-order valence-electron chi connectivity index (χ0n) is 15.3. The first-order valence-corrected chi connectivity index (χ1v) is 8.83. The Kier molecular flexibility index (Phi) is 4.06. The third-order valence-electron chi connectivity index (χ3n) is 5.05. The molecule has 3 heterocycles. The molecular formula is C19H22N6O. The molecule has 7 heteroatoms. The van der Waals surface area contributed by atoms with E-state index < -0.39 is 0 Å². The minimum Gasteiger partial charge on any atom is -0.384 e. The Balaban J connectivity index is 1.55. The third kappa shape index (κ3) is 2.69. The standard InChI is InChI=1S/C19H22N6O/c1-12-13(2)21-15-7-5-4-6-14(15)17(12)20-9-8-16-22-23-18-19(26)24(3)10-11-25(16)18/h4-7H,8-11H2,1-3H3,(H,20,21). The summed E-state index contributed by atoms with van der Waals surface area (Å²) in [4.78, 5) is 18.5. The van der Waals surface area contributed by atoms with Crippen molar-refractivity contribution in [2.45, 2.75) is 26.8 Å². The molecule has 0 atom stereocenters. The van der Waals surface area contributed by atoms with Gasteiger partial charge in [0.25, 0.3) is 5.91 Å². The molecule has 0 spiro atoms. The van der Waals surface area contributed by atoms with E-state index >= 15 is 0 Å². The van der Waals surface area contributed by atoms with Crippen molar-refractivity contribution in [2.24, 2.45) is 0 Å². The highest BCUT2D eigenvalue weighted by atomic mass is 16.2. The lowest BCUT2D eigenvalue weighted by Gasteiger charge is -2.23. The molecule has 1 amide bonds. The number of aromatic nitrogens is 4. The van der Waals surface area contributed by atoms with Crippen LogP contribution < -0.4 is 5.32 Å². The number of carbonyl (C=O) groups excluding carboxylic acids is 1. The van der Waals surface area contributed by atoms with E-state index in [9.17, 15) is 4.79 Å². The van der Waals surface area contributed by atoms with Crippen molar-refractivity contribution in [3.63, 3.8) is 0 Å². The van der Waals surface area contributed by atoms with Crippen LogP contribution in [0.15, 0.2) is 24.3 Å². The largest absolute Gasteiger partial charge is 0.384 e. The quantitative estimate of drug-likeness (QED) is 0.780. The number of aryl methyl sites for hydroxylation is 1. The summed E-state index contributed by atoms with van der Waals surface area (Å²) in [5.74, 6) is 1.23. The molecule has 1 aromatic carbocycles. The Morgan fingerprint density at radius 2 is 1.96 bits per heavy atom. The highest BCUT2D eigenvalue weighted by molar-refractivity contribution is 5.93. The maximum atomic E-state index is 12.1. The summed E-state index contributed by atoms with van der Waals surface area (Å²) in [6.45, 7) is 6.28. The molecular weight excluding hydrogens is 328 g/mol. The fraction of sp³-hybridized carbons (Fsp3) is 0.368. The number of amides is 1. The van der Waals surface area contributed by atoms with Crippen LogP contribution in [-0.2, 0) is 13.0 Å². The van der Waals surface area contributed by atoms with E-state index in [1.165, 1.54) is 0 Å². The topological polar surface area (TPSA) is 75.9 Å². The molecule has 1 aliphatic rings. The molecule has 0 unspecified atom stereocenters. The average Bonchev–Trinajstić information content (AvgIpc) is 3.05. The van der Waals surface area contributed by atoms with Crippen LogP contribution in [0.4, 0.5) is 5.69 Å². The number of nitrogens with one attached hydrogen (secondary N) is 1. The summed E-state index contributed by atoms with van der Waals surface area (Å²) in [7, 11) is 1.79. The molecule has 0 bridgehead atoms. The number of fused-ring (bicyclic) bond motifs is 2. The van der Waals surface area contributed by atoms with Crippen LogP contribution in [0.1, 0.15) is 27.7 Å². The zero-order chi connectivity index (χ0) is 18.3. The maximum Gasteiger partial charge on any atom is 0.291 e. The van der Waals surface area contributed by atoms with Crippen molar-refractivity contribution in [3.8, 4) is 0 Å². The van der Waals surface area contributed by atoms with Crippen LogP contribution in [0.25, 0.3) is 10.9 Å². The number of pyridine rings is 1. The van der Waals surface area contributed by atoms with E-state index in [2.05, 4.69) is 33.5 Å². The van der Waals surface area contributed by atoms with Gasteiger partial charge in [0.1, 0.15) is 5.82 Å². The van der Waals surface area contributed by atoms with Gasteiger partial charge in [0.2, 0.25) is 5.82 Å². The predicted molar refractivity (Wildman–Crippen MR) is 100 cm³/mol. The van der Waals surface area contributed by atoms with Gasteiger partial charge in [-0.3, -0.25) is 9.78 Å². The first kappa shape index (κ1) is 16.5. The van der Waals surface area contributed by atoms with Gasteiger partial charge in [-0.1, -0.05) is 18.2 Å². The monoisotopic (exact) mass is 350 g/mol. The molecule has 0 radical (unpaired) electrons. The van der Waals surface area contributed by atoms with Crippen LogP contribution in [0.3, 0.4) is 0 Å². The number of rotatable bonds is 4. The molecule has 0 aliphatic carbocycles. The second-order valence-corrected chi connectivity index (χ2v) is 6.71. The van der Waals surface area contributed by atoms with Gasteiger partial charge in [-0.15, -0.1) is 10.2 Å². The van der Waals surface area contributed by atoms with Crippen molar-refractivity contribution in [3.05, 3.63) is 47.2 Å². The number of nitrogens with zero attached hydrogens (tertiary/aromatic N) is 5. The number of carbonyl (C=O) groups is 1. The van der Waals surface area contributed by atoms with Gasteiger partial charge in [0, 0.05) is 49.9 Å². The molecule has 134 valence electrons. The summed E-state index contributed by atoms with van der Waals surface area (Å²) < 4.78 is 1.94. The van der Waals surface area contributed by atoms with Crippen molar-refractivity contribution in [1.82, 2.24) is 24.6 Å². The lowest BCUT2D eigenvalue weighted by Crippen LogP contribution is -2.38. The van der Waals surface area contributed by atoms with Gasteiger partial charge in [-0.2, -0.15) is 0 Å². The van der Waals surface area contributed by atoms with E-state index in [4.69, 9.17) is 0 Å². The van der Waals surface area contributed by atoms with Gasteiger partial charge in [0.05, 0.1) is 5.52 Å². The normalized spacial score (nSPS) is 14.0. The number of anilines is 1. The molecule has 0 saturated carbocycles. The minimum atomic E-state index is -0.0606. The van der Waals surface area contributed by atoms with Crippen molar-refractivity contribution < 1.29 is 4.79 Å². The summed E-state index contributed by atoms with van der Waals surface area (Å²) in [5.41, 5.74) is 4.29. The second-order valence-electron chi connectivity index (χ2n) is 6.71. The SMILES string of the molecule is Cc1nc2ccccc2c(NCCc2nnc3n2CCN(C)C3=O)c1C. The lowest BCUT2D eigenvalue weighted by atomic mass is 10.1. The maximum absolute atomic E-state index is 12.1. The molecule has 3 aromatic rings. The predicted octanol–water partition coefficient (Wildman–Crippen LogP) is 2.18. The van der Waals surface area contributed by atoms with E-state index in [-0.39, 0.29) is 5.91 Å². The van der Waals surface area contributed by atoms with Crippen LogP contribution >= 0.6 is 0 Å². The molecule has 1 N–H and O–H groups in total. The Hall–Kier alpha value is -2.96. The van der Waals surface area contributed by atoms with Gasteiger partial charge < -0.3 is 14.8 Å². The van der Waals surface area contributed by atoms with Crippen LogP contribution in [-0.4, -0.2) is 50.7 Å². The Morgan fingerprint density at radius 1 is 1.15 bits per heavy atom. The lowest BCUT2D eigenvalue weighted by molar-refractivity contribution is 0.0740.